The number of hydrogen-bond acceptors (Lipinski definition) is 3. The molecule has 0 aliphatic rings. The zero-order chi connectivity index (χ0) is 13.8. The van der Waals surface area contributed by atoms with Crippen LogP contribution >= 0.6 is 23.2 Å². The van der Waals surface area contributed by atoms with E-state index in [9.17, 15) is 4.79 Å². The Bertz CT molecular complexity index is 663. The minimum atomic E-state index is -0.374. The zero-order valence-corrected chi connectivity index (χ0v) is 11.0. The first-order valence-electron chi connectivity index (χ1n) is 5.22. The number of halogens is 2. The van der Waals surface area contributed by atoms with Gasteiger partial charge in [-0.05, 0) is 30.3 Å². The van der Waals surface area contributed by atoms with Crippen LogP contribution in [0.4, 0.5) is 5.69 Å². The maximum Gasteiger partial charge on any atom is 0.257 e. The fourth-order valence-electron chi connectivity index (χ4n) is 1.38. The summed E-state index contributed by atoms with van der Waals surface area (Å²) in [6.45, 7) is 0. The summed E-state index contributed by atoms with van der Waals surface area (Å²) in [7, 11) is 0. The summed E-state index contributed by atoms with van der Waals surface area (Å²) in [6, 6.07) is 9.63. The van der Waals surface area contributed by atoms with Crippen molar-refractivity contribution in [3.63, 3.8) is 0 Å². The molecule has 0 fully saturated rings. The SMILES string of the molecule is N#Cc1ccc(C(=O)Nc2cc(Cl)ccc2Cl)cn1. The van der Waals surface area contributed by atoms with Crippen molar-refractivity contribution in [2.24, 2.45) is 0 Å². The number of amides is 1. The number of nitrogens with zero attached hydrogens (tertiary/aromatic N) is 2. The minimum absolute atomic E-state index is 0.248. The second kappa shape index (κ2) is 5.70. The van der Waals surface area contributed by atoms with Crippen molar-refractivity contribution in [3.8, 4) is 6.07 Å². The average Bonchev–Trinajstić information content (AvgIpc) is 2.43. The first kappa shape index (κ1) is 13.3. The Balaban J connectivity index is 2.21. The number of benzene rings is 1. The highest BCUT2D eigenvalue weighted by atomic mass is 35.5. The van der Waals surface area contributed by atoms with Crippen molar-refractivity contribution in [2.45, 2.75) is 0 Å². The van der Waals surface area contributed by atoms with E-state index >= 15 is 0 Å². The van der Waals surface area contributed by atoms with Gasteiger partial charge in [-0.25, -0.2) is 4.98 Å². The predicted molar refractivity (Wildman–Crippen MR) is 73.4 cm³/mol. The molecule has 6 heteroatoms. The van der Waals surface area contributed by atoms with Crippen LogP contribution in [0, 0.1) is 11.3 Å². The van der Waals surface area contributed by atoms with Crippen LogP contribution in [0.5, 0.6) is 0 Å². The summed E-state index contributed by atoms with van der Waals surface area (Å²) < 4.78 is 0. The molecule has 0 bridgehead atoms. The predicted octanol–water partition coefficient (Wildman–Crippen LogP) is 3.51. The fourth-order valence-corrected chi connectivity index (χ4v) is 1.72. The van der Waals surface area contributed by atoms with Gasteiger partial charge in [0, 0.05) is 11.2 Å². The number of carbonyl (C=O) groups is 1. The van der Waals surface area contributed by atoms with E-state index in [1.807, 2.05) is 6.07 Å². The van der Waals surface area contributed by atoms with Gasteiger partial charge in [0.1, 0.15) is 11.8 Å². The molecule has 1 aromatic carbocycles. The van der Waals surface area contributed by atoms with Gasteiger partial charge in [-0.2, -0.15) is 5.26 Å². The molecule has 0 unspecified atom stereocenters. The molecule has 0 spiro atoms. The van der Waals surface area contributed by atoms with E-state index in [1.165, 1.54) is 18.3 Å². The maximum absolute atomic E-state index is 11.9. The lowest BCUT2D eigenvalue weighted by molar-refractivity contribution is 0.102. The first-order chi connectivity index (χ1) is 9.10. The number of hydrogen-bond donors (Lipinski definition) is 1. The summed E-state index contributed by atoms with van der Waals surface area (Å²) in [5.41, 5.74) is 0.996. The molecule has 0 saturated carbocycles. The van der Waals surface area contributed by atoms with Gasteiger partial charge in [-0.3, -0.25) is 4.79 Å². The number of anilines is 1. The van der Waals surface area contributed by atoms with Crippen molar-refractivity contribution in [1.82, 2.24) is 4.98 Å². The quantitative estimate of drug-likeness (QED) is 0.921. The third kappa shape index (κ3) is 3.22. The minimum Gasteiger partial charge on any atom is -0.321 e. The van der Waals surface area contributed by atoms with Gasteiger partial charge in [-0.1, -0.05) is 23.2 Å². The lowest BCUT2D eigenvalue weighted by Gasteiger charge is -2.07. The molecule has 0 aliphatic carbocycles. The highest BCUT2D eigenvalue weighted by Crippen LogP contribution is 2.25. The fraction of sp³-hybridized carbons (Fsp3) is 0. The number of nitrogens with one attached hydrogen (secondary N) is 1. The normalized spacial score (nSPS) is 9.74. The van der Waals surface area contributed by atoms with E-state index in [1.54, 1.807) is 18.2 Å². The Morgan fingerprint density at radius 2 is 2.05 bits per heavy atom. The monoisotopic (exact) mass is 291 g/mol. The van der Waals surface area contributed by atoms with E-state index < -0.39 is 0 Å². The summed E-state index contributed by atoms with van der Waals surface area (Å²) in [5, 5.41) is 12.1. The lowest BCUT2D eigenvalue weighted by Crippen LogP contribution is -2.12. The van der Waals surface area contributed by atoms with Crippen LogP contribution in [0.15, 0.2) is 36.5 Å². The van der Waals surface area contributed by atoms with Gasteiger partial charge in [0.25, 0.3) is 5.91 Å². The molecule has 2 aromatic rings. The van der Waals surface area contributed by atoms with Crippen LogP contribution in [0.3, 0.4) is 0 Å². The molecular formula is C13H7Cl2N3O. The van der Waals surface area contributed by atoms with Gasteiger partial charge in [0.2, 0.25) is 0 Å². The van der Waals surface area contributed by atoms with E-state index in [-0.39, 0.29) is 11.6 Å². The summed E-state index contributed by atoms with van der Waals surface area (Å²) >= 11 is 11.8. The number of pyridine rings is 1. The Kier molecular flexibility index (Phi) is 4.00. The van der Waals surface area contributed by atoms with Gasteiger partial charge >= 0.3 is 0 Å². The number of rotatable bonds is 2. The van der Waals surface area contributed by atoms with Gasteiger partial charge in [0.15, 0.2) is 0 Å². The summed E-state index contributed by atoms with van der Waals surface area (Å²) in [4.78, 5) is 15.8. The van der Waals surface area contributed by atoms with Gasteiger partial charge in [0.05, 0.1) is 16.3 Å². The Morgan fingerprint density at radius 3 is 2.68 bits per heavy atom. The summed E-state index contributed by atoms with van der Waals surface area (Å²) in [5.74, 6) is -0.374. The molecule has 2 rings (SSSR count). The molecule has 1 heterocycles. The molecule has 1 aromatic heterocycles. The standard InChI is InChI=1S/C13H7Cl2N3O/c14-9-2-4-11(15)12(5-9)18-13(19)8-1-3-10(6-16)17-7-8/h1-5,7H,(H,18,19). The first-order valence-corrected chi connectivity index (χ1v) is 5.98. The van der Waals surface area contributed by atoms with Crippen LogP contribution < -0.4 is 5.32 Å². The molecule has 0 aliphatic heterocycles. The van der Waals surface area contributed by atoms with Crippen molar-refractivity contribution < 1.29 is 4.79 Å². The Morgan fingerprint density at radius 1 is 1.26 bits per heavy atom. The van der Waals surface area contributed by atoms with Crippen LogP contribution in [0.1, 0.15) is 16.1 Å². The second-order valence-corrected chi connectivity index (χ2v) is 4.47. The Hall–Kier alpha value is -2.09. The number of carbonyl (C=O) groups excluding carboxylic acids is 1. The third-order valence-corrected chi connectivity index (χ3v) is 2.88. The molecule has 1 N–H and O–H groups in total. The van der Waals surface area contributed by atoms with E-state index in [2.05, 4.69) is 10.3 Å². The molecule has 94 valence electrons. The molecule has 4 nitrogen and oxygen atoms in total. The van der Waals surface area contributed by atoms with Gasteiger partial charge in [-0.15, -0.1) is 0 Å². The molecule has 0 saturated heterocycles. The van der Waals surface area contributed by atoms with Crippen LogP contribution in [-0.2, 0) is 0 Å². The van der Waals surface area contributed by atoms with Crippen molar-refractivity contribution in [1.29, 1.82) is 5.26 Å². The van der Waals surface area contributed by atoms with E-state index in [0.717, 1.165) is 0 Å². The van der Waals surface area contributed by atoms with Crippen LogP contribution in [-0.4, -0.2) is 10.9 Å². The zero-order valence-electron chi connectivity index (χ0n) is 9.52. The van der Waals surface area contributed by atoms with Crippen LogP contribution in [0.25, 0.3) is 0 Å². The van der Waals surface area contributed by atoms with Crippen molar-refractivity contribution >= 4 is 34.8 Å². The molecule has 19 heavy (non-hydrogen) atoms. The van der Waals surface area contributed by atoms with Crippen molar-refractivity contribution in [3.05, 3.63) is 57.8 Å². The number of nitriles is 1. The molecule has 0 atom stereocenters. The maximum atomic E-state index is 11.9. The lowest BCUT2D eigenvalue weighted by atomic mass is 10.2. The largest absolute Gasteiger partial charge is 0.321 e. The van der Waals surface area contributed by atoms with Crippen LogP contribution in [0.2, 0.25) is 10.0 Å². The third-order valence-electron chi connectivity index (χ3n) is 2.32. The van der Waals surface area contributed by atoms with Gasteiger partial charge < -0.3 is 5.32 Å². The highest BCUT2D eigenvalue weighted by Gasteiger charge is 2.09. The molecular weight excluding hydrogens is 285 g/mol. The van der Waals surface area contributed by atoms with E-state index in [0.29, 0.717) is 21.3 Å². The summed E-state index contributed by atoms with van der Waals surface area (Å²) in [6.07, 6.45) is 1.33. The molecule has 0 radical (unpaired) electrons. The molecule has 1 amide bonds. The second-order valence-electron chi connectivity index (χ2n) is 3.62. The highest BCUT2D eigenvalue weighted by molar-refractivity contribution is 6.35. The topological polar surface area (TPSA) is 65.8 Å². The average molecular weight is 292 g/mol. The Labute approximate surface area is 119 Å². The van der Waals surface area contributed by atoms with E-state index in [4.69, 9.17) is 28.5 Å². The number of aromatic nitrogens is 1. The van der Waals surface area contributed by atoms with Crippen molar-refractivity contribution in [2.75, 3.05) is 5.32 Å². The smallest absolute Gasteiger partial charge is 0.257 e.